The summed E-state index contributed by atoms with van der Waals surface area (Å²) in [6.45, 7) is 10.3. The van der Waals surface area contributed by atoms with Gasteiger partial charge in [0.05, 0.1) is 13.2 Å². The van der Waals surface area contributed by atoms with E-state index in [1.165, 1.54) is 12.0 Å². The van der Waals surface area contributed by atoms with Crippen molar-refractivity contribution in [2.24, 2.45) is 5.92 Å². The fourth-order valence-corrected chi connectivity index (χ4v) is 3.29. The molecule has 0 radical (unpaired) electrons. The van der Waals surface area contributed by atoms with E-state index >= 15 is 0 Å². The van der Waals surface area contributed by atoms with Crippen LogP contribution in [0.15, 0.2) is 0 Å². The van der Waals surface area contributed by atoms with Gasteiger partial charge in [-0.25, -0.2) is 14.4 Å². The number of hydrogen-bond acceptors (Lipinski definition) is 5. The second kappa shape index (κ2) is 9.28. The van der Waals surface area contributed by atoms with Crippen LogP contribution in [-0.2, 0) is 14.3 Å². The van der Waals surface area contributed by atoms with E-state index in [4.69, 9.17) is 9.47 Å². The molecule has 0 N–H and O–H groups in total. The lowest BCUT2D eigenvalue weighted by Gasteiger charge is -2.40. The average molecular weight is 386 g/mol. The number of methoxy groups -OCH3 is 1. The van der Waals surface area contributed by atoms with Gasteiger partial charge in [0.1, 0.15) is 11.6 Å². The van der Waals surface area contributed by atoms with E-state index in [1.54, 1.807) is 23.9 Å². The smallest absolute Gasteiger partial charge is 0.410 e. The lowest BCUT2D eigenvalue weighted by molar-refractivity contribution is -0.147. The van der Waals surface area contributed by atoms with E-state index in [0.29, 0.717) is 13.1 Å². The Hall–Kier alpha value is -1.99. The van der Waals surface area contributed by atoms with E-state index in [1.807, 2.05) is 34.6 Å². The van der Waals surface area contributed by atoms with Crippen molar-refractivity contribution in [2.75, 3.05) is 34.3 Å². The first kappa shape index (κ1) is 23.0. The number of carbonyl (C=O) groups is 3. The van der Waals surface area contributed by atoms with E-state index in [-0.39, 0.29) is 24.1 Å². The summed E-state index contributed by atoms with van der Waals surface area (Å²) in [6.07, 6.45) is 1.21. The van der Waals surface area contributed by atoms with Crippen LogP contribution < -0.4 is 0 Å². The standard InChI is InChI=1S/C19H35N3O5/c1-13(2)15(16(23)26-8)21(7)17(24)20(6)14-10-9-11-22(12-14)18(25)27-19(3,4)5/h13-15H,9-12H2,1-8H3/t14-,15?/m0/s1. The molecule has 8 nitrogen and oxygen atoms in total. The van der Waals surface area contributed by atoms with Gasteiger partial charge >= 0.3 is 18.1 Å². The molecule has 0 bridgehead atoms. The topological polar surface area (TPSA) is 79.4 Å². The zero-order valence-electron chi connectivity index (χ0n) is 17.9. The molecule has 0 aromatic carbocycles. The zero-order chi connectivity index (χ0) is 20.9. The lowest BCUT2D eigenvalue weighted by atomic mass is 10.0. The van der Waals surface area contributed by atoms with Crippen molar-refractivity contribution < 1.29 is 23.9 Å². The highest BCUT2D eigenvalue weighted by Gasteiger charge is 2.36. The number of hydrogen-bond donors (Lipinski definition) is 0. The molecular formula is C19H35N3O5. The summed E-state index contributed by atoms with van der Waals surface area (Å²) in [5.41, 5.74) is -0.559. The van der Waals surface area contributed by atoms with Gasteiger partial charge in [-0.2, -0.15) is 0 Å². The number of piperidine rings is 1. The largest absolute Gasteiger partial charge is 0.467 e. The molecule has 27 heavy (non-hydrogen) atoms. The number of urea groups is 1. The molecular weight excluding hydrogens is 350 g/mol. The van der Waals surface area contributed by atoms with Gasteiger partial charge in [-0.3, -0.25) is 0 Å². The minimum absolute atomic E-state index is 0.0792. The van der Waals surface area contributed by atoms with Gasteiger partial charge in [-0.05, 0) is 39.5 Å². The van der Waals surface area contributed by atoms with Crippen molar-refractivity contribution >= 4 is 18.1 Å². The Morgan fingerprint density at radius 2 is 1.74 bits per heavy atom. The minimum Gasteiger partial charge on any atom is -0.467 e. The molecule has 1 heterocycles. The van der Waals surface area contributed by atoms with Gasteiger partial charge in [-0.1, -0.05) is 13.8 Å². The maximum Gasteiger partial charge on any atom is 0.410 e. The average Bonchev–Trinajstić information content (AvgIpc) is 2.58. The highest BCUT2D eigenvalue weighted by Crippen LogP contribution is 2.20. The third-order valence-corrected chi connectivity index (χ3v) is 4.69. The van der Waals surface area contributed by atoms with Crippen molar-refractivity contribution in [2.45, 2.75) is 65.1 Å². The Morgan fingerprint density at radius 1 is 1.15 bits per heavy atom. The molecule has 1 fully saturated rings. The molecule has 0 aromatic heterocycles. The van der Waals surface area contributed by atoms with Crippen LogP contribution in [0.2, 0.25) is 0 Å². The molecule has 1 aliphatic rings. The van der Waals surface area contributed by atoms with Gasteiger partial charge in [0.2, 0.25) is 0 Å². The summed E-state index contributed by atoms with van der Waals surface area (Å²) < 4.78 is 10.3. The molecule has 0 aliphatic carbocycles. The van der Waals surface area contributed by atoms with E-state index in [0.717, 1.165) is 12.8 Å². The van der Waals surface area contributed by atoms with Crippen LogP contribution in [0, 0.1) is 5.92 Å². The fourth-order valence-electron chi connectivity index (χ4n) is 3.29. The van der Waals surface area contributed by atoms with Gasteiger partial charge in [-0.15, -0.1) is 0 Å². The summed E-state index contributed by atoms with van der Waals surface area (Å²) >= 11 is 0. The summed E-state index contributed by atoms with van der Waals surface area (Å²) in [7, 11) is 4.63. The maximum atomic E-state index is 12.9. The maximum absolute atomic E-state index is 12.9. The van der Waals surface area contributed by atoms with Crippen molar-refractivity contribution in [1.82, 2.24) is 14.7 Å². The Kier molecular flexibility index (Phi) is 7.92. The minimum atomic E-state index is -0.657. The third kappa shape index (κ3) is 6.29. The van der Waals surface area contributed by atoms with Crippen LogP contribution in [0.25, 0.3) is 0 Å². The van der Waals surface area contributed by atoms with E-state index in [2.05, 4.69) is 0 Å². The van der Waals surface area contributed by atoms with Gasteiger partial charge in [0, 0.05) is 27.2 Å². The number of ether oxygens (including phenoxy) is 2. The van der Waals surface area contributed by atoms with E-state index in [9.17, 15) is 14.4 Å². The summed E-state index contributed by atoms with van der Waals surface area (Å²) in [4.78, 5) is 42.0. The lowest BCUT2D eigenvalue weighted by Crippen LogP contribution is -2.56. The predicted molar refractivity (Wildman–Crippen MR) is 102 cm³/mol. The number of likely N-dealkylation sites (tertiary alicyclic amines) is 1. The van der Waals surface area contributed by atoms with Gasteiger partial charge < -0.3 is 24.2 Å². The first-order valence-corrected chi connectivity index (χ1v) is 9.44. The van der Waals surface area contributed by atoms with Gasteiger partial charge in [0.15, 0.2) is 0 Å². The molecule has 1 aliphatic heterocycles. The fraction of sp³-hybridized carbons (Fsp3) is 0.842. The second-order valence-electron chi connectivity index (χ2n) is 8.44. The van der Waals surface area contributed by atoms with Crippen molar-refractivity contribution in [3.63, 3.8) is 0 Å². The quantitative estimate of drug-likeness (QED) is 0.695. The van der Waals surface area contributed by atoms with Crippen molar-refractivity contribution in [3.05, 3.63) is 0 Å². The van der Waals surface area contributed by atoms with Crippen LogP contribution in [0.3, 0.4) is 0 Å². The van der Waals surface area contributed by atoms with Gasteiger partial charge in [0.25, 0.3) is 0 Å². The van der Waals surface area contributed by atoms with Crippen LogP contribution in [0.5, 0.6) is 0 Å². The number of nitrogens with zero attached hydrogens (tertiary/aromatic N) is 3. The molecule has 0 saturated carbocycles. The Labute approximate surface area is 162 Å². The molecule has 3 amide bonds. The third-order valence-electron chi connectivity index (χ3n) is 4.69. The molecule has 156 valence electrons. The Morgan fingerprint density at radius 3 is 2.22 bits per heavy atom. The molecule has 2 atom stereocenters. The molecule has 1 unspecified atom stereocenters. The summed E-state index contributed by atoms with van der Waals surface area (Å²) in [5, 5.41) is 0. The highest BCUT2D eigenvalue weighted by atomic mass is 16.6. The Bertz CT molecular complexity index is 544. The van der Waals surface area contributed by atoms with Crippen LogP contribution in [0.4, 0.5) is 9.59 Å². The van der Waals surface area contributed by atoms with Crippen molar-refractivity contribution in [3.8, 4) is 0 Å². The summed E-state index contributed by atoms with van der Waals surface area (Å²) in [6, 6.07) is -1.06. The molecule has 1 saturated heterocycles. The Balaban J connectivity index is 2.81. The van der Waals surface area contributed by atoms with Crippen LogP contribution >= 0.6 is 0 Å². The second-order valence-corrected chi connectivity index (χ2v) is 8.44. The first-order valence-electron chi connectivity index (χ1n) is 9.44. The van der Waals surface area contributed by atoms with Crippen LogP contribution in [-0.4, -0.2) is 84.8 Å². The normalized spacial score (nSPS) is 18.7. The van der Waals surface area contributed by atoms with Crippen molar-refractivity contribution in [1.29, 1.82) is 0 Å². The van der Waals surface area contributed by atoms with E-state index < -0.39 is 17.6 Å². The monoisotopic (exact) mass is 385 g/mol. The number of rotatable bonds is 4. The molecule has 1 rings (SSSR count). The molecule has 0 aromatic rings. The predicted octanol–water partition coefficient (Wildman–Crippen LogP) is 2.57. The number of likely N-dealkylation sites (N-methyl/N-ethyl adjacent to an activating group) is 2. The number of carbonyl (C=O) groups excluding carboxylic acids is 3. The van der Waals surface area contributed by atoms with Crippen LogP contribution in [0.1, 0.15) is 47.5 Å². The SMILES string of the molecule is COC(=O)C(C(C)C)N(C)C(=O)N(C)[C@H]1CCCN(C(=O)OC(C)(C)C)C1. The molecule has 0 spiro atoms. The number of amides is 3. The first-order chi connectivity index (χ1) is 12.4. The molecule has 8 heteroatoms. The number of esters is 1. The zero-order valence-corrected chi connectivity index (χ0v) is 17.9. The summed E-state index contributed by atoms with van der Waals surface area (Å²) in [5.74, 6) is -0.516. The highest BCUT2D eigenvalue weighted by molar-refractivity contribution is 5.83.